The third-order valence-corrected chi connectivity index (χ3v) is 7.20. The average Bonchev–Trinajstić information content (AvgIpc) is 3.35. The first-order chi connectivity index (χ1) is 18.2. The van der Waals surface area contributed by atoms with Gasteiger partial charge in [-0.15, -0.1) is 0 Å². The maximum atomic E-state index is 14.0. The van der Waals surface area contributed by atoms with Gasteiger partial charge in [-0.05, 0) is 44.2 Å². The lowest BCUT2D eigenvalue weighted by Crippen LogP contribution is -2.25. The summed E-state index contributed by atoms with van der Waals surface area (Å²) in [7, 11) is 1.44. The summed E-state index contributed by atoms with van der Waals surface area (Å²) in [6.07, 6.45) is 0. The highest BCUT2D eigenvalue weighted by molar-refractivity contribution is 6.32. The third-order valence-electron chi connectivity index (χ3n) is 6.56. The summed E-state index contributed by atoms with van der Waals surface area (Å²) in [5.74, 6) is -0.912. The Hall–Kier alpha value is -4.14. The van der Waals surface area contributed by atoms with E-state index in [-0.39, 0.29) is 22.6 Å². The van der Waals surface area contributed by atoms with Crippen LogP contribution in [0.15, 0.2) is 76.3 Å². The number of aryl methyl sites for hydroxylation is 2. The van der Waals surface area contributed by atoms with Crippen LogP contribution in [-0.4, -0.2) is 31.8 Å². The Bertz CT molecular complexity index is 1680. The number of para-hydroxylation sites is 3. The molecule has 0 spiro atoms. The normalized spacial score (nSPS) is 11.3. The first-order valence-corrected chi connectivity index (χ1v) is 12.5. The van der Waals surface area contributed by atoms with Gasteiger partial charge in [0.2, 0.25) is 0 Å². The summed E-state index contributed by atoms with van der Waals surface area (Å²) in [5, 5.41) is 18.1. The van der Waals surface area contributed by atoms with Crippen LogP contribution in [0.5, 0.6) is 11.5 Å². The van der Waals surface area contributed by atoms with Crippen molar-refractivity contribution in [1.29, 1.82) is 0 Å². The van der Waals surface area contributed by atoms with Crippen molar-refractivity contribution in [3.63, 3.8) is 0 Å². The third kappa shape index (κ3) is 4.12. The molecule has 0 atom stereocenters. The highest BCUT2D eigenvalue weighted by Crippen LogP contribution is 2.41. The Labute approximate surface area is 227 Å². The predicted molar refractivity (Wildman–Crippen MR) is 148 cm³/mol. The number of H-pyrrole nitrogens is 2. The maximum Gasteiger partial charge on any atom is 0.275 e. The Balaban J connectivity index is 1.83. The summed E-state index contributed by atoms with van der Waals surface area (Å²) < 4.78 is 8.02. The van der Waals surface area contributed by atoms with E-state index in [1.807, 2.05) is 0 Å². The van der Waals surface area contributed by atoms with Crippen LogP contribution in [-0.2, 0) is 0 Å². The average molecular weight is 551 g/mol. The molecule has 2 heterocycles. The molecule has 194 valence electrons. The van der Waals surface area contributed by atoms with Crippen LogP contribution in [0.3, 0.4) is 0 Å². The highest BCUT2D eigenvalue weighted by atomic mass is 35.5. The van der Waals surface area contributed by atoms with Gasteiger partial charge in [0.25, 0.3) is 11.1 Å². The molecule has 5 rings (SSSR count). The van der Waals surface area contributed by atoms with E-state index >= 15 is 0 Å². The number of benzene rings is 3. The van der Waals surface area contributed by atoms with Crippen LogP contribution in [0.1, 0.15) is 34.0 Å². The fourth-order valence-corrected chi connectivity index (χ4v) is 5.24. The molecule has 5 aromatic rings. The number of phenols is 1. The largest absolute Gasteiger partial charge is 0.504 e. The SMILES string of the molecule is COc1cccc(C(c2c(C)[nH]n(-c3ccccc3Cl)c2=O)c2c(C)[nH]n(-c3ccccc3Cl)c2=O)c1O. The first kappa shape index (κ1) is 25.5. The topological polar surface area (TPSA) is 105 Å². The Morgan fingerprint density at radius 3 is 1.68 bits per heavy atom. The van der Waals surface area contributed by atoms with Crippen molar-refractivity contribution in [3.8, 4) is 22.9 Å². The molecule has 0 fully saturated rings. The number of aromatic nitrogens is 4. The van der Waals surface area contributed by atoms with Crippen molar-refractivity contribution < 1.29 is 9.84 Å². The lowest BCUT2D eigenvalue weighted by molar-refractivity contribution is 0.370. The zero-order valence-electron chi connectivity index (χ0n) is 20.8. The van der Waals surface area contributed by atoms with Gasteiger partial charge >= 0.3 is 0 Å². The van der Waals surface area contributed by atoms with Crippen LogP contribution in [0, 0.1) is 13.8 Å². The molecule has 3 N–H and O–H groups in total. The van der Waals surface area contributed by atoms with Gasteiger partial charge < -0.3 is 9.84 Å². The lowest BCUT2D eigenvalue weighted by Gasteiger charge is -2.18. The molecule has 38 heavy (non-hydrogen) atoms. The molecule has 0 radical (unpaired) electrons. The number of aromatic amines is 2. The quantitative estimate of drug-likeness (QED) is 0.261. The minimum Gasteiger partial charge on any atom is -0.504 e. The van der Waals surface area contributed by atoms with Gasteiger partial charge in [-0.25, -0.2) is 9.36 Å². The number of halogens is 2. The molecular weight excluding hydrogens is 527 g/mol. The van der Waals surface area contributed by atoms with Gasteiger partial charge in [-0.1, -0.05) is 59.6 Å². The van der Waals surface area contributed by atoms with Gasteiger partial charge in [0.1, 0.15) is 0 Å². The van der Waals surface area contributed by atoms with E-state index in [9.17, 15) is 14.7 Å². The van der Waals surface area contributed by atoms with Gasteiger partial charge in [-0.3, -0.25) is 19.8 Å². The number of methoxy groups -OCH3 is 1. The molecule has 0 bridgehead atoms. The van der Waals surface area contributed by atoms with Gasteiger partial charge in [0.05, 0.1) is 45.6 Å². The van der Waals surface area contributed by atoms with Crippen molar-refractivity contribution >= 4 is 23.2 Å². The lowest BCUT2D eigenvalue weighted by atomic mass is 9.84. The molecule has 3 aromatic carbocycles. The number of ether oxygens (including phenoxy) is 1. The molecule has 10 heteroatoms. The van der Waals surface area contributed by atoms with Crippen LogP contribution in [0.4, 0.5) is 0 Å². The van der Waals surface area contributed by atoms with Crippen LogP contribution in [0.25, 0.3) is 11.4 Å². The molecule has 0 unspecified atom stereocenters. The molecule has 2 aromatic heterocycles. The van der Waals surface area contributed by atoms with E-state index in [2.05, 4.69) is 10.2 Å². The van der Waals surface area contributed by atoms with E-state index in [0.717, 1.165) is 0 Å². The summed E-state index contributed by atoms with van der Waals surface area (Å²) >= 11 is 12.8. The van der Waals surface area contributed by atoms with E-state index < -0.39 is 17.0 Å². The van der Waals surface area contributed by atoms with Gasteiger partial charge in [-0.2, -0.15) is 0 Å². The second kappa shape index (κ2) is 9.96. The number of aromatic hydroxyl groups is 1. The molecule has 0 aliphatic heterocycles. The molecular formula is C28H24Cl2N4O4. The van der Waals surface area contributed by atoms with Gasteiger partial charge in [0, 0.05) is 17.0 Å². The smallest absolute Gasteiger partial charge is 0.275 e. The van der Waals surface area contributed by atoms with Crippen molar-refractivity contribution in [2.24, 2.45) is 0 Å². The summed E-state index contributed by atoms with van der Waals surface area (Å²) in [6, 6.07) is 18.8. The van der Waals surface area contributed by atoms with Crippen molar-refractivity contribution in [2.45, 2.75) is 19.8 Å². The summed E-state index contributed by atoms with van der Waals surface area (Å²) in [6.45, 7) is 3.48. The number of phenolic OH excluding ortho intramolecular Hbond substituents is 1. The van der Waals surface area contributed by atoms with Gasteiger partial charge in [0.15, 0.2) is 11.5 Å². The maximum absolute atomic E-state index is 14.0. The standard InChI is InChI=1S/C28H24Cl2N4O4/c1-15-23(27(36)33(31-15)20-12-6-4-10-18(20)29)25(17-9-8-14-22(38-3)26(17)35)24-16(2)32-34(28(24)37)21-13-7-5-11-19(21)30/h4-14,25,31-32,35H,1-3H3. The molecule has 8 nitrogen and oxygen atoms in total. The Morgan fingerprint density at radius 1 is 0.763 bits per heavy atom. The van der Waals surface area contributed by atoms with Crippen molar-refractivity contribution in [1.82, 2.24) is 19.6 Å². The van der Waals surface area contributed by atoms with Crippen molar-refractivity contribution in [3.05, 3.63) is 126 Å². The molecule has 0 amide bonds. The van der Waals surface area contributed by atoms with E-state index in [1.165, 1.54) is 16.5 Å². The monoisotopic (exact) mass is 550 g/mol. The number of hydrogen-bond acceptors (Lipinski definition) is 4. The summed E-state index contributed by atoms with van der Waals surface area (Å²) in [4.78, 5) is 27.9. The van der Waals surface area contributed by atoms with E-state index in [0.29, 0.717) is 38.4 Å². The number of nitrogens with one attached hydrogen (secondary N) is 2. The zero-order chi connectivity index (χ0) is 27.1. The fourth-order valence-electron chi connectivity index (χ4n) is 4.80. The van der Waals surface area contributed by atoms with Crippen LogP contribution < -0.4 is 15.9 Å². The first-order valence-electron chi connectivity index (χ1n) is 11.7. The second-order valence-electron chi connectivity index (χ2n) is 8.82. The fraction of sp³-hybridized carbons (Fsp3) is 0.143. The van der Waals surface area contributed by atoms with Crippen molar-refractivity contribution in [2.75, 3.05) is 7.11 Å². The number of hydrogen-bond donors (Lipinski definition) is 3. The Morgan fingerprint density at radius 2 is 1.24 bits per heavy atom. The van der Waals surface area contributed by atoms with E-state index in [4.69, 9.17) is 27.9 Å². The van der Waals surface area contributed by atoms with E-state index in [1.54, 1.807) is 80.6 Å². The molecule has 0 aliphatic carbocycles. The molecule has 0 saturated carbocycles. The predicted octanol–water partition coefficient (Wildman–Crippen LogP) is 5.46. The minimum atomic E-state index is -0.954. The molecule has 0 saturated heterocycles. The Kier molecular flexibility index (Phi) is 6.69. The molecule has 0 aliphatic rings. The highest BCUT2D eigenvalue weighted by Gasteiger charge is 2.33. The minimum absolute atomic E-state index is 0.173. The summed E-state index contributed by atoms with van der Waals surface area (Å²) in [5.41, 5.74) is 2.00. The van der Waals surface area contributed by atoms with Crippen LogP contribution in [0.2, 0.25) is 10.0 Å². The zero-order valence-corrected chi connectivity index (χ0v) is 22.3. The number of nitrogens with zero attached hydrogens (tertiary/aromatic N) is 2. The second-order valence-corrected chi connectivity index (χ2v) is 9.63. The number of rotatable bonds is 6. The van der Waals surface area contributed by atoms with Crippen LogP contribution >= 0.6 is 23.2 Å².